The van der Waals surface area contributed by atoms with Gasteiger partial charge in [0.15, 0.2) is 11.0 Å². The average Bonchev–Trinajstić information content (AvgIpc) is 3.11. The fourth-order valence-electron chi connectivity index (χ4n) is 3.65. The van der Waals surface area contributed by atoms with E-state index >= 15 is 0 Å². The maximum absolute atomic E-state index is 12.8. The number of carbonyl (C=O) groups is 1. The van der Waals surface area contributed by atoms with Crippen LogP contribution in [0, 0.1) is 18.3 Å². The standard InChI is InChI=1S/C21H27N5OS/c1-4-26-18(17-11-7-6-10-15(17)2)24-25-20(26)28-16(3)19(27)23-21(14-22)12-8-5-9-13-21/h6-7,10-11,16H,4-5,8-9,12-13H2,1-3H3,(H,23,27)/t16-/m1/s1. The van der Waals surface area contributed by atoms with Gasteiger partial charge in [-0.05, 0) is 39.2 Å². The summed E-state index contributed by atoms with van der Waals surface area (Å²) in [6.45, 7) is 6.68. The van der Waals surface area contributed by atoms with E-state index in [-0.39, 0.29) is 11.2 Å². The molecule has 148 valence electrons. The lowest BCUT2D eigenvalue weighted by atomic mass is 9.83. The van der Waals surface area contributed by atoms with Gasteiger partial charge in [0.1, 0.15) is 5.54 Å². The topological polar surface area (TPSA) is 83.6 Å². The molecule has 0 radical (unpaired) electrons. The van der Waals surface area contributed by atoms with E-state index in [0.717, 1.165) is 60.8 Å². The van der Waals surface area contributed by atoms with E-state index in [1.807, 2.05) is 36.6 Å². The van der Waals surface area contributed by atoms with E-state index in [4.69, 9.17) is 0 Å². The summed E-state index contributed by atoms with van der Waals surface area (Å²) in [5, 5.41) is 21.7. The van der Waals surface area contributed by atoms with Crippen LogP contribution in [-0.2, 0) is 11.3 Å². The molecule has 2 aromatic rings. The number of hydrogen-bond donors (Lipinski definition) is 1. The van der Waals surface area contributed by atoms with Gasteiger partial charge < -0.3 is 9.88 Å². The van der Waals surface area contributed by atoms with Crippen LogP contribution in [0.3, 0.4) is 0 Å². The Bertz CT molecular complexity index is 879. The van der Waals surface area contributed by atoms with Crippen molar-refractivity contribution >= 4 is 17.7 Å². The average molecular weight is 398 g/mol. The number of thioether (sulfide) groups is 1. The second kappa shape index (κ2) is 8.78. The SMILES string of the molecule is CCn1c(S[C@H](C)C(=O)NC2(C#N)CCCCC2)nnc1-c1ccccc1C. The molecule has 1 aromatic heterocycles. The first-order valence-electron chi connectivity index (χ1n) is 9.89. The third-order valence-corrected chi connectivity index (χ3v) is 6.43. The van der Waals surface area contributed by atoms with Crippen LogP contribution in [0.5, 0.6) is 0 Å². The largest absolute Gasteiger partial charge is 0.337 e. The summed E-state index contributed by atoms with van der Waals surface area (Å²) in [5.41, 5.74) is 1.47. The fraction of sp³-hybridized carbons (Fsp3) is 0.524. The Morgan fingerprint density at radius 2 is 2.04 bits per heavy atom. The van der Waals surface area contributed by atoms with Crippen molar-refractivity contribution in [3.05, 3.63) is 29.8 Å². The zero-order chi connectivity index (χ0) is 20.1. The Balaban J connectivity index is 1.75. The molecule has 1 heterocycles. The van der Waals surface area contributed by atoms with E-state index < -0.39 is 5.54 Å². The van der Waals surface area contributed by atoms with Crippen LogP contribution >= 0.6 is 11.8 Å². The van der Waals surface area contributed by atoms with Crippen molar-refractivity contribution in [3.8, 4) is 17.5 Å². The van der Waals surface area contributed by atoms with Crippen LogP contribution in [0.1, 0.15) is 51.5 Å². The van der Waals surface area contributed by atoms with Gasteiger partial charge in [0.25, 0.3) is 0 Å². The monoisotopic (exact) mass is 397 g/mol. The number of nitrogens with one attached hydrogen (secondary N) is 1. The third kappa shape index (κ3) is 4.22. The molecule has 3 rings (SSSR count). The van der Waals surface area contributed by atoms with Gasteiger partial charge in [0, 0.05) is 12.1 Å². The number of benzene rings is 1. The Labute approximate surface area is 170 Å². The Kier molecular flexibility index (Phi) is 6.40. The molecule has 1 fully saturated rings. The normalized spacial score (nSPS) is 16.9. The lowest BCUT2D eigenvalue weighted by Crippen LogP contribution is -2.51. The van der Waals surface area contributed by atoms with Crippen LogP contribution in [0.2, 0.25) is 0 Å². The van der Waals surface area contributed by atoms with Crippen LogP contribution in [0.25, 0.3) is 11.4 Å². The van der Waals surface area contributed by atoms with E-state index in [1.54, 1.807) is 0 Å². The summed E-state index contributed by atoms with van der Waals surface area (Å²) < 4.78 is 2.04. The van der Waals surface area contributed by atoms with E-state index in [9.17, 15) is 10.1 Å². The number of rotatable bonds is 6. The zero-order valence-corrected chi connectivity index (χ0v) is 17.6. The lowest BCUT2D eigenvalue weighted by molar-refractivity contribution is -0.121. The number of carbonyl (C=O) groups excluding carboxylic acids is 1. The fourth-order valence-corrected chi connectivity index (χ4v) is 4.57. The Hall–Kier alpha value is -2.33. The molecule has 1 aromatic carbocycles. The van der Waals surface area contributed by atoms with E-state index in [0.29, 0.717) is 0 Å². The summed E-state index contributed by atoms with van der Waals surface area (Å²) in [4.78, 5) is 12.8. The van der Waals surface area contributed by atoms with Gasteiger partial charge in [-0.15, -0.1) is 10.2 Å². The van der Waals surface area contributed by atoms with E-state index in [1.165, 1.54) is 11.8 Å². The minimum absolute atomic E-state index is 0.114. The molecular weight excluding hydrogens is 370 g/mol. The number of aryl methyl sites for hydroxylation is 1. The highest BCUT2D eigenvalue weighted by molar-refractivity contribution is 8.00. The van der Waals surface area contributed by atoms with Crippen molar-refractivity contribution in [3.63, 3.8) is 0 Å². The van der Waals surface area contributed by atoms with Crippen LogP contribution < -0.4 is 5.32 Å². The number of nitriles is 1. The van der Waals surface area contributed by atoms with Crippen molar-refractivity contribution in [2.75, 3.05) is 0 Å². The quantitative estimate of drug-likeness (QED) is 0.742. The third-order valence-electron chi connectivity index (χ3n) is 5.35. The first kappa shape index (κ1) is 20.4. The van der Waals surface area contributed by atoms with Gasteiger partial charge in [-0.2, -0.15) is 5.26 Å². The molecule has 6 nitrogen and oxygen atoms in total. The van der Waals surface area contributed by atoms with Crippen molar-refractivity contribution in [2.45, 2.75) is 75.4 Å². The summed E-state index contributed by atoms with van der Waals surface area (Å²) in [6.07, 6.45) is 4.56. The minimum atomic E-state index is -0.713. The molecule has 1 aliphatic carbocycles. The van der Waals surface area contributed by atoms with Gasteiger partial charge in [0.05, 0.1) is 11.3 Å². The van der Waals surface area contributed by atoms with Crippen molar-refractivity contribution in [1.29, 1.82) is 5.26 Å². The highest BCUT2D eigenvalue weighted by Gasteiger charge is 2.35. The Morgan fingerprint density at radius 3 is 2.68 bits per heavy atom. The van der Waals surface area contributed by atoms with Crippen LogP contribution in [-0.4, -0.2) is 31.5 Å². The number of nitrogens with zero attached hydrogens (tertiary/aromatic N) is 4. The molecule has 0 unspecified atom stereocenters. The predicted molar refractivity (Wildman–Crippen MR) is 111 cm³/mol. The van der Waals surface area contributed by atoms with Crippen molar-refractivity contribution < 1.29 is 4.79 Å². The molecule has 0 bridgehead atoms. The second-order valence-electron chi connectivity index (χ2n) is 7.37. The van der Waals surface area contributed by atoms with Gasteiger partial charge in [0.2, 0.25) is 5.91 Å². The summed E-state index contributed by atoms with van der Waals surface area (Å²) in [7, 11) is 0. The van der Waals surface area contributed by atoms with Crippen LogP contribution in [0.4, 0.5) is 0 Å². The molecule has 28 heavy (non-hydrogen) atoms. The molecular formula is C21H27N5OS. The maximum Gasteiger partial charge on any atom is 0.234 e. The maximum atomic E-state index is 12.8. The minimum Gasteiger partial charge on any atom is -0.337 e. The second-order valence-corrected chi connectivity index (χ2v) is 8.68. The molecule has 0 saturated heterocycles. The van der Waals surface area contributed by atoms with Crippen molar-refractivity contribution in [2.24, 2.45) is 0 Å². The number of hydrogen-bond acceptors (Lipinski definition) is 5. The molecule has 1 atom stereocenters. The van der Waals surface area contributed by atoms with Gasteiger partial charge in [-0.3, -0.25) is 4.79 Å². The van der Waals surface area contributed by atoms with Gasteiger partial charge in [-0.25, -0.2) is 0 Å². The molecule has 1 amide bonds. The number of amides is 1. The molecule has 7 heteroatoms. The summed E-state index contributed by atoms with van der Waals surface area (Å²) in [5.74, 6) is 0.702. The highest BCUT2D eigenvalue weighted by atomic mass is 32.2. The van der Waals surface area contributed by atoms with E-state index in [2.05, 4.69) is 34.6 Å². The molecule has 1 N–H and O–H groups in total. The first-order valence-corrected chi connectivity index (χ1v) is 10.8. The smallest absolute Gasteiger partial charge is 0.234 e. The van der Waals surface area contributed by atoms with Crippen LogP contribution in [0.15, 0.2) is 29.4 Å². The lowest BCUT2D eigenvalue weighted by Gasteiger charge is -2.32. The van der Waals surface area contributed by atoms with Gasteiger partial charge >= 0.3 is 0 Å². The Morgan fingerprint density at radius 1 is 1.32 bits per heavy atom. The zero-order valence-electron chi connectivity index (χ0n) is 16.7. The molecule has 0 aliphatic heterocycles. The van der Waals surface area contributed by atoms with Gasteiger partial charge in [-0.1, -0.05) is 55.3 Å². The predicted octanol–water partition coefficient (Wildman–Crippen LogP) is 4.10. The number of aromatic nitrogens is 3. The first-order chi connectivity index (χ1) is 13.5. The molecule has 1 aliphatic rings. The summed E-state index contributed by atoms with van der Waals surface area (Å²) in [6, 6.07) is 10.4. The highest BCUT2D eigenvalue weighted by Crippen LogP contribution is 2.31. The summed E-state index contributed by atoms with van der Waals surface area (Å²) >= 11 is 1.39. The van der Waals surface area contributed by atoms with Crippen molar-refractivity contribution in [1.82, 2.24) is 20.1 Å². The molecule has 0 spiro atoms. The molecule has 1 saturated carbocycles.